The SMILES string of the molecule is NCC1CCCC1COCc1cncc(F)c1. The molecule has 4 heteroatoms. The Morgan fingerprint density at radius 2 is 2.18 bits per heavy atom. The van der Waals surface area contributed by atoms with Gasteiger partial charge in [0.2, 0.25) is 0 Å². The number of rotatable bonds is 5. The van der Waals surface area contributed by atoms with E-state index in [9.17, 15) is 4.39 Å². The van der Waals surface area contributed by atoms with E-state index in [-0.39, 0.29) is 5.82 Å². The Morgan fingerprint density at radius 1 is 1.35 bits per heavy atom. The van der Waals surface area contributed by atoms with E-state index >= 15 is 0 Å². The van der Waals surface area contributed by atoms with E-state index in [0.29, 0.717) is 18.4 Å². The van der Waals surface area contributed by atoms with Crippen LogP contribution in [-0.2, 0) is 11.3 Å². The molecule has 1 aromatic rings. The van der Waals surface area contributed by atoms with Crippen LogP contribution < -0.4 is 5.73 Å². The minimum atomic E-state index is -0.313. The molecule has 1 heterocycles. The summed E-state index contributed by atoms with van der Waals surface area (Å²) in [7, 11) is 0. The number of hydrogen-bond donors (Lipinski definition) is 1. The summed E-state index contributed by atoms with van der Waals surface area (Å²) in [6.07, 6.45) is 6.50. The standard InChI is InChI=1S/C13H19FN2O/c14-13-4-10(6-16-7-13)8-17-9-12-3-1-2-11(12)5-15/h4,6-7,11-12H,1-3,5,8-9,15H2. The van der Waals surface area contributed by atoms with Crippen LogP contribution in [0.2, 0.25) is 0 Å². The molecular formula is C13H19FN2O. The molecule has 94 valence electrons. The normalized spacial score (nSPS) is 24.1. The second kappa shape index (κ2) is 6.07. The van der Waals surface area contributed by atoms with Crippen molar-refractivity contribution in [1.29, 1.82) is 0 Å². The predicted molar refractivity (Wildman–Crippen MR) is 63.7 cm³/mol. The molecule has 0 radical (unpaired) electrons. The summed E-state index contributed by atoms with van der Waals surface area (Å²) in [6.45, 7) is 1.90. The molecule has 0 aliphatic heterocycles. The van der Waals surface area contributed by atoms with E-state index in [2.05, 4.69) is 4.98 Å². The quantitative estimate of drug-likeness (QED) is 0.854. The highest BCUT2D eigenvalue weighted by Crippen LogP contribution is 2.31. The number of nitrogens with two attached hydrogens (primary N) is 1. The van der Waals surface area contributed by atoms with Crippen LogP contribution in [0.15, 0.2) is 18.5 Å². The van der Waals surface area contributed by atoms with Crippen molar-refractivity contribution in [2.45, 2.75) is 25.9 Å². The van der Waals surface area contributed by atoms with Crippen LogP contribution in [0.5, 0.6) is 0 Å². The summed E-state index contributed by atoms with van der Waals surface area (Å²) < 4.78 is 18.5. The maximum absolute atomic E-state index is 12.9. The third-order valence-electron chi connectivity index (χ3n) is 3.48. The topological polar surface area (TPSA) is 48.1 Å². The molecule has 1 fully saturated rings. The average molecular weight is 238 g/mol. The smallest absolute Gasteiger partial charge is 0.141 e. The Balaban J connectivity index is 1.76. The molecule has 1 saturated carbocycles. The van der Waals surface area contributed by atoms with Crippen molar-refractivity contribution in [3.63, 3.8) is 0 Å². The van der Waals surface area contributed by atoms with Gasteiger partial charge in [-0.3, -0.25) is 4.98 Å². The third kappa shape index (κ3) is 3.48. The van der Waals surface area contributed by atoms with Crippen molar-refractivity contribution in [2.75, 3.05) is 13.2 Å². The highest BCUT2D eigenvalue weighted by molar-refractivity contribution is 5.08. The number of pyridine rings is 1. The zero-order valence-electron chi connectivity index (χ0n) is 9.94. The van der Waals surface area contributed by atoms with E-state index in [1.807, 2.05) is 0 Å². The molecule has 1 aliphatic carbocycles. The molecule has 2 atom stereocenters. The summed E-state index contributed by atoms with van der Waals surface area (Å²) in [6, 6.07) is 1.46. The lowest BCUT2D eigenvalue weighted by Crippen LogP contribution is -2.22. The Kier molecular flexibility index (Phi) is 4.45. The van der Waals surface area contributed by atoms with Crippen molar-refractivity contribution >= 4 is 0 Å². The summed E-state index contributed by atoms with van der Waals surface area (Å²) in [5.74, 6) is 0.856. The molecule has 1 aromatic heterocycles. The number of hydrogen-bond acceptors (Lipinski definition) is 3. The lowest BCUT2D eigenvalue weighted by molar-refractivity contribution is 0.0750. The molecule has 0 bridgehead atoms. The number of halogens is 1. The van der Waals surface area contributed by atoms with Gasteiger partial charge < -0.3 is 10.5 Å². The Labute approximate surface area is 101 Å². The van der Waals surface area contributed by atoms with Crippen LogP contribution in [0.1, 0.15) is 24.8 Å². The molecule has 1 aliphatic rings. The number of aromatic nitrogens is 1. The largest absolute Gasteiger partial charge is 0.376 e. The van der Waals surface area contributed by atoms with Crippen molar-refractivity contribution in [2.24, 2.45) is 17.6 Å². The highest BCUT2D eigenvalue weighted by atomic mass is 19.1. The van der Waals surface area contributed by atoms with Gasteiger partial charge in [-0.05, 0) is 42.9 Å². The van der Waals surface area contributed by atoms with Gasteiger partial charge in [-0.1, -0.05) is 6.42 Å². The summed E-state index contributed by atoms with van der Waals surface area (Å²) >= 11 is 0. The lowest BCUT2D eigenvalue weighted by atomic mass is 9.97. The van der Waals surface area contributed by atoms with Crippen molar-refractivity contribution < 1.29 is 9.13 Å². The maximum Gasteiger partial charge on any atom is 0.141 e. The maximum atomic E-state index is 12.9. The molecule has 2 unspecified atom stereocenters. The molecule has 0 amide bonds. The first kappa shape index (κ1) is 12.5. The molecule has 0 aromatic carbocycles. The van der Waals surface area contributed by atoms with Crippen molar-refractivity contribution in [1.82, 2.24) is 4.98 Å². The van der Waals surface area contributed by atoms with Gasteiger partial charge in [-0.2, -0.15) is 0 Å². The first-order valence-electron chi connectivity index (χ1n) is 6.17. The van der Waals surface area contributed by atoms with Crippen LogP contribution >= 0.6 is 0 Å². The van der Waals surface area contributed by atoms with Gasteiger partial charge in [0.25, 0.3) is 0 Å². The lowest BCUT2D eigenvalue weighted by Gasteiger charge is -2.17. The van der Waals surface area contributed by atoms with E-state index in [1.54, 1.807) is 6.20 Å². The fraction of sp³-hybridized carbons (Fsp3) is 0.615. The van der Waals surface area contributed by atoms with Crippen LogP contribution in [0.3, 0.4) is 0 Å². The van der Waals surface area contributed by atoms with Crippen LogP contribution in [-0.4, -0.2) is 18.1 Å². The van der Waals surface area contributed by atoms with Gasteiger partial charge in [0.1, 0.15) is 5.82 Å². The van der Waals surface area contributed by atoms with E-state index < -0.39 is 0 Å². The van der Waals surface area contributed by atoms with Gasteiger partial charge in [0.15, 0.2) is 0 Å². The van der Waals surface area contributed by atoms with Crippen LogP contribution in [0.25, 0.3) is 0 Å². The first-order chi connectivity index (χ1) is 8.29. The monoisotopic (exact) mass is 238 g/mol. The van der Waals surface area contributed by atoms with E-state index in [1.165, 1.54) is 31.5 Å². The van der Waals surface area contributed by atoms with E-state index in [4.69, 9.17) is 10.5 Å². The van der Waals surface area contributed by atoms with Crippen molar-refractivity contribution in [3.05, 3.63) is 29.8 Å². The molecule has 0 spiro atoms. The minimum absolute atomic E-state index is 0.313. The Hall–Kier alpha value is -1.00. The second-order valence-electron chi connectivity index (χ2n) is 4.71. The molecule has 0 saturated heterocycles. The molecular weight excluding hydrogens is 219 g/mol. The summed E-state index contributed by atoms with van der Waals surface area (Å²) in [4.78, 5) is 3.79. The fourth-order valence-electron chi connectivity index (χ4n) is 2.51. The first-order valence-corrected chi connectivity index (χ1v) is 6.17. The zero-order valence-corrected chi connectivity index (χ0v) is 9.94. The minimum Gasteiger partial charge on any atom is -0.376 e. The number of ether oxygens (including phenoxy) is 1. The second-order valence-corrected chi connectivity index (χ2v) is 4.71. The van der Waals surface area contributed by atoms with Gasteiger partial charge in [-0.15, -0.1) is 0 Å². The van der Waals surface area contributed by atoms with Gasteiger partial charge in [-0.25, -0.2) is 4.39 Å². The van der Waals surface area contributed by atoms with Gasteiger partial charge in [0, 0.05) is 6.20 Å². The summed E-state index contributed by atoms with van der Waals surface area (Å²) in [5, 5.41) is 0. The zero-order chi connectivity index (χ0) is 12.1. The van der Waals surface area contributed by atoms with Gasteiger partial charge in [0.05, 0.1) is 19.4 Å². The molecule has 17 heavy (non-hydrogen) atoms. The molecule has 3 nitrogen and oxygen atoms in total. The summed E-state index contributed by atoms with van der Waals surface area (Å²) in [5.41, 5.74) is 6.50. The Morgan fingerprint density at radius 3 is 2.94 bits per heavy atom. The van der Waals surface area contributed by atoms with Crippen LogP contribution in [0, 0.1) is 17.7 Å². The molecule has 2 rings (SSSR count). The fourth-order valence-corrected chi connectivity index (χ4v) is 2.51. The average Bonchev–Trinajstić information content (AvgIpc) is 2.77. The predicted octanol–water partition coefficient (Wildman–Crippen LogP) is 2.11. The third-order valence-corrected chi connectivity index (χ3v) is 3.48. The molecule has 2 N–H and O–H groups in total. The Bertz CT molecular complexity index is 359. The van der Waals surface area contributed by atoms with Crippen LogP contribution in [0.4, 0.5) is 4.39 Å². The van der Waals surface area contributed by atoms with Gasteiger partial charge >= 0.3 is 0 Å². The number of nitrogens with zero attached hydrogens (tertiary/aromatic N) is 1. The van der Waals surface area contributed by atoms with E-state index in [0.717, 1.165) is 18.7 Å². The van der Waals surface area contributed by atoms with Crippen molar-refractivity contribution in [3.8, 4) is 0 Å². The highest BCUT2D eigenvalue weighted by Gasteiger charge is 2.25.